The summed E-state index contributed by atoms with van der Waals surface area (Å²) in [5.41, 5.74) is 4.26. The molecule has 1 amide bonds. The van der Waals surface area contributed by atoms with Crippen LogP contribution in [0.1, 0.15) is 0 Å². The van der Waals surface area contributed by atoms with Gasteiger partial charge in [0.1, 0.15) is 0 Å². The normalized spacial score (nSPS) is 7.50. The van der Waals surface area contributed by atoms with E-state index in [4.69, 9.17) is 5.26 Å². The Morgan fingerprint density at radius 1 is 1.83 bits per heavy atom. The average molecular weight is 93.0 g/mol. The molecule has 36 valence electrons. The van der Waals surface area contributed by atoms with Crippen LogP contribution in [0.2, 0.25) is 0 Å². The average Bonchev–Trinajstić information content (AvgIpc) is 1.35. The van der Waals surface area contributed by atoms with Crippen LogP contribution in [0.3, 0.4) is 0 Å². The van der Waals surface area contributed by atoms with Crippen molar-refractivity contribution in [3.8, 4) is 0 Å². The second-order valence-corrected chi connectivity index (χ2v) is 0.477. The van der Waals surface area contributed by atoms with E-state index in [0.29, 0.717) is 0 Å². The molecule has 0 fully saturated rings. The number of rotatable bonds is 1. The van der Waals surface area contributed by atoms with Gasteiger partial charge < -0.3 is 5.73 Å². The summed E-state index contributed by atoms with van der Waals surface area (Å²) in [7, 11) is 0. The number of carbonyl (C=O) groups excluding carboxylic acids is 1. The predicted molar refractivity (Wildman–Crippen MR) is 14.4 cm³/mol. The summed E-state index contributed by atoms with van der Waals surface area (Å²) in [5, 5.41) is 10.0. The third kappa shape index (κ3) is 3.19. The van der Waals surface area contributed by atoms with Crippen molar-refractivity contribution in [1.82, 2.24) is 0 Å². The van der Waals surface area contributed by atoms with Crippen LogP contribution in [0.15, 0.2) is 0 Å². The van der Waals surface area contributed by atoms with Gasteiger partial charge in [0.15, 0.2) is 0 Å². The lowest BCUT2D eigenvalue weighted by Gasteiger charge is -1.84. The van der Waals surface area contributed by atoms with E-state index < -0.39 is 6.09 Å². The van der Waals surface area contributed by atoms with Crippen molar-refractivity contribution in [3.05, 3.63) is 0 Å². The van der Waals surface area contributed by atoms with Crippen molar-refractivity contribution in [2.24, 2.45) is 5.73 Å². The molecule has 0 aromatic heterocycles. The van der Waals surface area contributed by atoms with Crippen molar-refractivity contribution in [3.63, 3.8) is 0 Å². The van der Waals surface area contributed by atoms with Gasteiger partial charge in [-0.05, 0) is 5.04 Å². The van der Waals surface area contributed by atoms with E-state index in [1.54, 1.807) is 0 Å². The molecule has 0 radical (unpaired) electrons. The molecule has 0 aliphatic heterocycles. The number of hydrogen-bond donors (Lipinski definition) is 2. The van der Waals surface area contributed by atoms with Gasteiger partial charge in [0.25, 0.3) is 0 Å². The maximum Gasteiger partial charge on any atom is 0.439 e. The predicted octanol–water partition coefficient (Wildman–Crippen LogP) is -0.514. The Morgan fingerprint density at radius 2 is 2.33 bits per heavy atom. The standard InChI is InChI=1S/CH3NO4/c2-1(3)5-6-4/h4H,(H2,2,3). The first kappa shape index (κ1) is 5.19. The lowest BCUT2D eigenvalue weighted by molar-refractivity contribution is -0.455. The molecule has 0 saturated carbocycles. The highest BCUT2D eigenvalue weighted by atomic mass is 17.5. The Bertz CT molecular complexity index is 51.5. The molecule has 0 aromatic carbocycles. The van der Waals surface area contributed by atoms with Crippen molar-refractivity contribution < 1.29 is 20.0 Å². The summed E-state index contributed by atoms with van der Waals surface area (Å²) < 4.78 is 0. The SMILES string of the molecule is NC(=O)OOO. The molecular formula is CH3NO4. The molecule has 0 atom stereocenters. The Labute approximate surface area is 33.1 Å². The van der Waals surface area contributed by atoms with Crippen LogP contribution in [0.25, 0.3) is 0 Å². The number of primary amides is 1. The lowest BCUT2D eigenvalue weighted by Crippen LogP contribution is -2.11. The van der Waals surface area contributed by atoms with Crippen molar-refractivity contribution in [2.75, 3.05) is 0 Å². The highest BCUT2D eigenvalue weighted by molar-refractivity contribution is 5.63. The zero-order valence-corrected chi connectivity index (χ0v) is 2.75. The molecule has 0 rings (SSSR count). The van der Waals surface area contributed by atoms with Gasteiger partial charge in [-0.3, -0.25) is 0 Å². The van der Waals surface area contributed by atoms with E-state index in [0.717, 1.165) is 0 Å². The zero-order valence-electron chi connectivity index (χ0n) is 2.75. The van der Waals surface area contributed by atoms with Crippen molar-refractivity contribution >= 4 is 6.09 Å². The fourth-order valence-electron chi connectivity index (χ4n) is 0.0367. The van der Waals surface area contributed by atoms with E-state index in [9.17, 15) is 4.79 Å². The minimum absolute atomic E-state index is 1.18. The Kier molecular flexibility index (Phi) is 2.10. The molecule has 0 unspecified atom stereocenters. The maximum absolute atomic E-state index is 9.31. The van der Waals surface area contributed by atoms with Gasteiger partial charge in [0.2, 0.25) is 0 Å². The van der Waals surface area contributed by atoms with E-state index in [1.165, 1.54) is 0 Å². The molecule has 0 heterocycles. The molecular weight excluding hydrogens is 90.0 g/mol. The molecule has 5 heteroatoms. The Morgan fingerprint density at radius 3 is 2.33 bits per heavy atom. The first-order valence-electron chi connectivity index (χ1n) is 1.05. The molecule has 6 heavy (non-hydrogen) atoms. The number of amides is 1. The quantitative estimate of drug-likeness (QED) is 0.337. The van der Waals surface area contributed by atoms with Gasteiger partial charge >= 0.3 is 6.09 Å². The van der Waals surface area contributed by atoms with Crippen molar-refractivity contribution in [1.29, 1.82) is 0 Å². The first-order valence-corrected chi connectivity index (χ1v) is 1.05. The minimum Gasteiger partial charge on any atom is -0.333 e. The summed E-state index contributed by atoms with van der Waals surface area (Å²) in [6.07, 6.45) is -1.18. The summed E-state index contributed by atoms with van der Waals surface area (Å²) in [6.45, 7) is 0. The monoisotopic (exact) mass is 93.0 g/mol. The lowest BCUT2D eigenvalue weighted by atomic mass is 11.3. The second kappa shape index (κ2) is 2.43. The summed E-state index contributed by atoms with van der Waals surface area (Å²) in [5.74, 6) is 0. The van der Waals surface area contributed by atoms with Crippen molar-refractivity contribution in [2.45, 2.75) is 0 Å². The molecule has 0 aliphatic rings. The third-order valence-corrected chi connectivity index (χ3v) is 0.119. The molecule has 0 saturated heterocycles. The van der Waals surface area contributed by atoms with Gasteiger partial charge in [0.05, 0.1) is 0 Å². The number of hydrogen-bond acceptors (Lipinski definition) is 4. The molecule has 5 nitrogen and oxygen atoms in total. The van der Waals surface area contributed by atoms with Crippen LogP contribution >= 0.6 is 0 Å². The molecule has 0 spiro atoms. The first-order chi connectivity index (χ1) is 2.77. The summed E-state index contributed by atoms with van der Waals surface area (Å²) >= 11 is 0. The van der Waals surface area contributed by atoms with Gasteiger partial charge in [-0.1, -0.05) is 0 Å². The van der Waals surface area contributed by atoms with Gasteiger partial charge in [-0.2, -0.15) is 0 Å². The molecule has 0 aliphatic carbocycles. The molecule has 0 bridgehead atoms. The van der Waals surface area contributed by atoms with Crippen LogP contribution in [-0.4, -0.2) is 11.4 Å². The smallest absolute Gasteiger partial charge is 0.333 e. The highest BCUT2D eigenvalue weighted by Gasteiger charge is 1.86. The second-order valence-electron chi connectivity index (χ2n) is 0.477. The highest BCUT2D eigenvalue weighted by Crippen LogP contribution is 1.65. The fourth-order valence-corrected chi connectivity index (χ4v) is 0.0367. The largest absolute Gasteiger partial charge is 0.439 e. The van der Waals surface area contributed by atoms with Crippen LogP contribution in [0, 0.1) is 0 Å². The number of nitrogens with two attached hydrogens (primary N) is 1. The maximum atomic E-state index is 9.31. The molecule has 0 aromatic rings. The summed E-state index contributed by atoms with van der Waals surface area (Å²) in [6, 6.07) is 0. The number of carbonyl (C=O) groups is 1. The van der Waals surface area contributed by atoms with E-state index in [-0.39, 0.29) is 0 Å². The van der Waals surface area contributed by atoms with Gasteiger partial charge in [0, 0.05) is 0 Å². The van der Waals surface area contributed by atoms with E-state index >= 15 is 0 Å². The van der Waals surface area contributed by atoms with Crippen LogP contribution in [0.5, 0.6) is 0 Å². The minimum atomic E-state index is -1.18. The fraction of sp³-hybridized carbons (Fsp3) is 0. The third-order valence-electron chi connectivity index (χ3n) is 0.119. The van der Waals surface area contributed by atoms with Gasteiger partial charge in [-0.25, -0.2) is 14.9 Å². The Hall–Kier alpha value is -0.810. The van der Waals surface area contributed by atoms with Crippen LogP contribution < -0.4 is 5.73 Å². The van der Waals surface area contributed by atoms with Crippen LogP contribution in [-0.2, 0) is 9.93 Å². The van der Waals surface area contributed by atoms with Crippen LogP contribution in [0.4, 0.5) is 4.79 Å². The summed E-state index contributed by atoms with van der Waals surface area (Å²) in [4.78, 5) is 12.6. The topological polar surface area (TPSA) is 81.8 Å². The van der Waals surface area contributed by atoms with E-state index in [2.05, 4.69) is 15.7 Å². The van der Waals surface area contributed by atoms with Gasteiger partial charge in [-0.15, -0.1) is 0 Å². The zero-order chi connectivity index (χ0) is 4.99. The molecule has 3 N–H and O–H groups in total. The van der Waals surface area contributed by atoms with E-state index in [1.807, 2.05) is 0 Å². The Balaban J connectivity index is 2.83.